The minimum absolute atomic E-state index is 0.0805. The first-order valence-electron chi connectivity index (χ1n) is 9.26. The maximum absolute atomic E-state index is 12.9. The van der Waals surface area contributed by atoms with Crippen molar-refractivity contribution in [2.45, 2.75) is 6.18 Å². The van der Waals surface area contributed by atoms with Gasteiger partial charge in [0.1, 0.15) is 17.3 Å². The van der Waals surface area contributed by atoms with Crippen LogP contribution in [0.25, 0.3) is 28.7 Å². The molecule has 2 aromatic carbocycles. The quantitative estimate of drug-likeness (QED) is 0.214. The fraction of sp³-hybridized carbons (Fsp3) is 0.0417. The lowest BCUT2D eigenvalue weighted by atomic mass is 10.1. The summed E-state index contributed by atoms with van der Waals surface area (Å²) in [6, 6.07) is 15.9. The van der Waals surface area contributed by atoms with E-state index in [-0.39, 0.29) is 17.1 Å². The van der Waals surface area contributed by atoms with Gasteiger partial charge in [0.05, 0.1) is 10.6 Å². The molecule has 4 rings (SSSR count). The molecule has 0 aliphatic rings. The van der Waals surface area contributed by atoms with Crippen LogP contribution in [0, 0.1) is 0 Å². The maximum atomic E-state index is 12.9. The molecule has 0 unspecified atom stereocenters. The Bertz CT molecular complexity index is 1320. The molecule has 0 aliphatic carbocycles. The molecule has 0 N–H and O–H groups in total. The van der Waals surface area contributed by atoms with Crippen molar-refractivity contribution >= 4 is 35.1 Å². The molecular weight excluding hydrogens is 464 g/mol. The summed E-state index contributed by atoms with van der Waals surface area (Å²) in [6.45, 7) is 0. The van der Waals surface area contributed by atoms with Crippen molar-refractivity contribution in [1.82, 2.24) is 0 Å². The van der Waals surface area contributed by atoms with Gasteiger partial charge in [-0.15, -0.1) is 0 Å². The minimum Gasteiger partial charge on any atom is -0.457 e. The number of benzene rings is 2. The fourth-order valence-corrected chi connectivity index (χ4v) is 3.37. The van der Waals surface area contributed by atoms with Gasteiger partial charge >= 0.3 is 6.18 Å². The molecule has 2 aromatic heterocycles. The number of halogens is 5. The standard InChI is InChI=1S/C24H13Cl2F3O3/c25-16-4-7-19(26)18(13-16)22-10-11-23(32-22)20(30)8-5-17-6-9-21(31-17)14-2-1-3-15(12-14)24(27,28)29/h1-13H/b8-5+. The van der Waals surface area contributed by atoms with Crippen molar-refractivity contribution in [1.29, 1.82) is 0 Å². The molecule has 0 atom stereocenters. The van der Waals surface area contributed by atoms with E-state index in [1.807, 2.05) is 0 Å². The second kappa shape index (κ2) is 8.73. The zero-order chi connectivity index (χ0) is 22.9. The molecule has 0 saturated carbocycles. The molecule has 0 amide bonds. The Kier molecular flexibility index (Phi) is 6.00. The second-order valence-electron chi connectivity index (χ2n) is 6.77. The molecule has 2 heterocycles. The average molecular weight is 477 g/mol. The molecule has 0 aliphatic heterocycles. The van der Waals surface area contributed by atoms with Crippen molar-refractivity contribution in [2.24, 2.45) is 0 Å². The van der Waals surface area contributed by atoms with Crippen LogP contribution in [0.3, 0.4) is 0 Å². The number of ketones is 1. The molecule has 162 valence electrons. The topological polar surface area (TPSA) is 43.4 Å². The molecule has 3 nitrogen and oxygen atoms in total. The monoisotopic (exact) mass is 476 g/mol. The van der Waals surface area contributed by atoms with Crippen molar-refractivity contribution in [3.05, 3.63) is 99.9 Å². The highest BCUT2D eigenvalue weighted by atomic mass is 35.5. The number of alkyl halides is 3. The summed E-state index contributed by atoms with van der Waals surface area (Å²) in [5.74, 6) is 0.594. The number of allylic oxidation sites excluding steroid dienone is 1. The lowest BCUT2D eigenvalue weighted by Crippen LogP contribution is -2.04. The van der Waals surface area contributed by atoms with Crippen LogP contribution in [0.15, 0.2) is 81.6 Å². The summed E-state index contributed by atoms with van der Waals surface area (Å²) in [7, 11) is 0. The van der Waals surface area contributed by atoms with Crippen LogP contribution in [-0.2, 0) is 6.18 Å². The van der Waals surface area contributed by atoms with Gasteiger partial charge in [0.25, 0.3) is 0 Å². The van der Waals surface area contributed by atoms with Gasteiger partial charge in [-0.25, -0.2) is 0 Å². The minimum atomic E-state index is -4.45. The van der Waals surface area contributed by atoms with E-state index in [0.717, 1.165) is 12.1 Å². The Morgan fingerprint density at radius 3 is 2.44 bits per heavy atom. The van der Waals surface area contributed by atoms with Gasteiger partial charge in [0, 0.05) is 16.1 Å². The maximum Gasteiger partial charge on any atom is 0.416 e. The molecule has 0 fully saturated rings. The zero-order valence-electron chi connectivity index (χ0n) is 16.1. The highest BCUT2D eigenvalue weighted by Gasteiger charge is 2.30. The molecule has 32 heavy (non-hydrogen) atoms. The Hall–Kier alpha value is -3.22. The average Bonchev–Trinajstić information content (AvgIpc) is 3.43. The van der Waals surface area contributed by atoms with Gasteiger partial charge < -0.3 is 8.83 Å². The molecular formula is C24H13Cl2F3O3. The SMILES string of the molecule is O=C(/C=C/c1ccc(-c2cccc(C(F)(F)F)c2)o1)c1ccc(-c2cc(Cl)ccc2Cl)o1. The summed E-state index contributed by atoms with van der Waals surface area (Å²) < 4.78 is 49.9. The van der Waals surface area contributed by atoms with E-state index >= 15 is 0 Å². The summed E-state index contributed by atoms with van der Waals surface area (Å²) in [5, 5.41) is 0.902. The Morgan fingerprint density at radius 2 is 1.66 bits per heavy atom. The predicted molar refractivity (Wildman–Crippen MR) is 117 cm³/mol. The summed E-state index contributed by atoms with van der Waals surface area (Å²) >= 11 is 12.1. The molecule has 0 radical (unpaired) electrons. The highest BCUT2D eigenvalue weighted by molar-refractivity contribution is 6.35. The van der Waals surface area contributed by atoms with Crippen LogP contribution in [0.1, 0.15) is 21.9 Å². The van der Waals surface area contributed by atoms with E-state index in [1.165, 1.54) is 36.4 Å². The first kappa shape index (κ1) is 22.0. The number of hydrogen-bond acceptors (Lipinski definition) is 3. The van der Waals surface area contributed by atoms with E-state index in [1.54, 1.807) is 30.3 Å². The van der Waals surface area contributed by atoms with Gasteiger partial charge in [0.15, 0.2) is 5.76 Å². The van der Waals surface area contributed by atoms with Crippen LogP contribution in [0.2, 0.25) is 10.0 Å². The van der Waals surface area contributed by atoms with E-state index in [0.29, 0.717) is 27.1 Å². The van der Waals surface area contributed by atoms with Crippen molar-refractivity contribution in [3.8, 4) is 22.6 Å². The van der Waals surface area contributed by atoms with Gasteiger partial charge in [-0.2, -0.15) is 13.2 Å². The third-order valence-electron chi connectivity index (χ3n) is 4.54. The van der Waals surface area contributed by atoms with Crippen LogP contribution < -0.4 is 0 Å². The van der Waals surface area contributed by atoms with Gasteiger partial charge in [0.2, 0.25) is 5.78 Å². The lowest BCUT2D eigenvalue weighted by molar-refractivity contribution is -0.137. The van der Waals surface area contributed by atoms with Crippen molar-refractivity contribution in [3.63, 3.8) is 0 Å². The highest BCUT2D eigenvalue weighted by Crippen LogP contribution is 2.33. The number of furan rings is 2. The van der Waals surface area contributed by atoms with Gasteiger partial charge in [-0.05, 0) is 66.7 Å². The van der Waals surface area contributed by atoms with Crippen LogP contribution in [-0.4, -0.2) is 5.78 Å². The van der Waals surface area contributed by atoms with E-state index in [2.05, 4.69) is 0 Å². The van der Waals surface area contributed by atoms with E-state index in [9.17, 15) is 18.0 Å². The van der Waals surface area contributed by atoms with Crippen molar-refractivity contribution in [2.75, 3.05) is 0 Å². The third kappa shape index (κ3) is 4.82. The molecule has 0 saturated heterocycles. The summed E-state index contributed by atoms with van der Waals surface area (Å²) in [4.78, 5) is 12.4. The second-order valence-corrected chi connectivity index (χ2v) is 7.61. The molecule has 0 spiro atoms. The Balaban J connectivity index is 1.50. The van der Waals surface area contributed by atoms with Gasteiger partial charge in [-0.3, -0.25) is 4.79 Å². The Morgan fingerprint density at radius 1 is 0.875 bits per heavy atom. The first-order chi connectivity index (χ1) is 15.2. The molecule has 8 heteroatoms. The van der Waals surface area contributed by atoms with Crippen molar-refractivity contribution < 1.29 is 26.8 Å². The molecule has 0 bridgehead atoms. The lowest BCUT2D eigenvalue weighted by Gasteiger charge is -2.07. The number of hydrogen-bond donors (Lipinski definition) is 0. The third-order valence-corrected chi connectivity index (χ3v) is 5.11. The van der Waals surface area contributed by atoms with Crippen LogP contribution in [0.4, 0.5) is 13.2 Å². The fourth-order valence-electron chi connectivity index (χ4n) is 2.99. The number of rotatable bonds is 5. The Labute approximate surface area is 190 Å². The molecule has 4 aromatic rings. The summed E-state index contributed by atoms with van der Waals surface area (Å²) in [6.07, 6.45) is -1.79. The predicted octanol–water partition coefficient (Wildman–Crippen LogP) is 8.43. The van der Waals surface area contributed by atoms with Crippen LogP contribution >= 0.6 is 23.2 Å². The van der Waals surface area contributed by atoms with Gasteiger partial charge in [-0.1, -0.05) is 35.3 Å². The largest absolute Gasteiger partial charge is 0.457 e. The van der Waals surface area contributed by atoms with E-state index < -0.39 is 17.5 Å². The number of carbonyl (C=O) groups is 1. The van der Waals surface area contributed by atoms with Crippen LogP contribution in [0.5, 0.6) is 0 Å². The normalized spacial score (nSPS) is 11.9. The first-order valence-corrected chi connectivity index (χ1v) is 10.0. The summed E-state index contributed by atoms with van der Waals surface area (Å²) in [5.41, 5.74) is 0.0611. The zero-order valence-corrected chi connectivity index (χ0v) is 17.6. The van der Waals surface area contributed by atoms with E-state index in [4.69, 9.17) is 32.0 Å². The number of carbonyl (C=O) groups excluding carboxylic acids is 1. The smallest absolute Gasteiger partial charge is 0.416 e.